The van der Waals surface area contributed by atoms with Crippen molar-refractivity contribution in [3.8, 4) is 55.6 Å². The zero-order valence-electron chi connectivity index (χ0n) is 34.8. The van der Waals surface area contributed by atoms with Crippen LogP contribution in [0.1, 0.15) is 33.4 Å². The number of hydrogen-bond donors (Lipinski definition) is 0. The van der Waals surface area contributed by atoms with Crippen molar-refractivity contribution in [2.75, 3.05) is 4.90 Å². The molecular weight excluding hydrogens is 759 g/mol. The Morgan fingerprint density at radius 1 is 0.286 bits per heavy atom. The fraction of sp³-hybridized carbons (Fsp3) is 0.0323. The number of hydrogen-bond acceptors (Lipinski definition) is 1. The monoisotopic (exact) mass is 801 g/mol. The number of rotatable bonds is 8. The lowest BCUT2D eigenvalue weighted by Gasteiger charge is -2.32. The van der Waals surface area contributed by atoms with Crippen molar-refractivity contribution in [3.05, 3.63) is 282 Å². The summed E-state index contributed by atoms with van der Waals surface area (Å²) >= 11 is 0. The Bertz CT molecular complexity index is 3180. The lowest BCUT2D eigenvalue weighted by atomic mass is 9.70. The average Bonchev–Trinajstić information content (AvgIpc) is 3.84. The van der Waals surface area contributed by atoms with Crippen LogP contribution in [-0.4, -0.2) is 0 Å². The third-order valence-electron chi connectivity index (χ3n) is 13.4. The van der Waals surface area contributed by atoms with Gasteiger partial charge in [-0.1, -0.05) is 218 Å². The molecule has 0 heterocycles. The molecule has 1 spiro atoms. The Morgan fingerprint density at radius 2 is 0.667 bits per heavy atom. The second-order valence-electron chi connectivity index (χ2n) is 16.8. The van der Waals surface area contributed by atoms with Crippen LogP contribution in [0.5, 0.6) is 0 Å². The van der Waals surface area contributed by atoms with Crippen molar-refractivity contribution in [2.45, 2.75) is 11.8 Å². The van der Waals surface area contributed by atoms with Crippen LogP contribution >= 0.6 is 0 Å². The summed E-state index contributed by atoms with van der Waals surface area (Å²) in [6.45, 7) is 0. The van der Waals surface area contributed by atoms with Crippen molar-refractivity contribution in [1.82, 2.24) is 0 Å². The highest BCUT2D eigenvalue weighted by atomic mass is 15.1. The second-order valence-corrected chi connectivity index (χ2v) is 16.8. The van der Waals surface area contributed by atoms with Crippen LogP contribution in [0.2, 0.25) is 0 Å². The molecule has 296 valence electrons. The molecule has 1 nitrogen and oxygen atoms in total. The predicted molar refractivity (Wildman–Crippen MR) is 263 cm³/mol. The first kappa shape index (κ1) is 36.8. The van der Waals surface area contributed by atoms with Crippen LogP contribution in [0.4, 0.5) is 17.1 Å². The van der Waals surface area contributed by atoms with Gasteiger partial charge in [-0.15, -0.1) is 0 Å². The minimum absolute atomic E-state index is 0.485. The number of anilines is 3. The SMILES string of the molecule is c1ccc(-c2ccc(Cc3cccc4c3-c3ccccc3C43c4ccccc4-c4c(N(c5ccc(-c6ccccc6)cc5)c5ccc(-c6ccccc6)cc5)cccc43)cc2)cc1. The lowest BCUT2D eigenvalue weighted by molar-refractivity contribution is 0.793. The molecule has 0 amide bonds. The van der Waals surface area contributed by atoms with Gasteiger partial charge in [0.05, 0.1) is 11.1 Å². The standard InChI is InChI=1S/C62H43N/c1-4-16-44(17-5-1)47-32-30-43(31-33-47)42-50-22-14-27-57-60(50)53-23-10-12-25-55(53)62(57)56-26-13-11-24-54(56)61-58(62)28-15-29-59(61)63(51-38-34-48(35-39-51)45-18-6-2-7-19-45)52-40-36-49(37-41-52)46-20-8-3-9-21-46/h1-41H,42H2. The molecule has 0 fully saturated rings. The van der Waals surface area contributed by atoms with Crippen molar-refractivity contribution in [2.24, 2.45) is 0 Å². The summed E-state index contributed by atoms with van der Waals surface area (Å²) in [6, 6.07) is 91.6. The van der Waals surface area contributed by atoms with Gasteiger partial charge in [0.25, 0.3) is 0 Å². The van der Waals surface area contributed by atoms with Gasteiger partial charge in [0.15, 0.2) is 0 Å². The molecule has 0 radical (unpaired) electrons. The molecule has 0 N–H and O–H groups in total. The molecule has 2 aliphatic rings. The normalized spacial score (nSPS) is 14.2. The van der Waals surface area contributed by atoms with Crippen LogP contribution in [0.25, 0.3) is 55.6 Å². The van der Waals surface area contributed by atoms with Crippen LogP contribution in [0, 0.1) is 0 Å². The second kappa shape index (κ2) is 15.2. The molecular formula is C62H43N. The van der Waals surface area contributed by atoms with E-state index in [1.807, 2.05) is 0 Å². The van der Waals surface area contributed by atoms with Gasteiger partial charge in [-0.2, -0.15) is 0 Å². The van der Waals surface area contributed by atoms with E-state index in [1.54, 1.807) is 0 Å². The summed E-state index contributed by atoms with van der Waals surface area (Å²) in [5, 5.41) is 0. The first-order chi connectivity index (χ1) is 31.3. The predicted octanol–water partition coefficient (Wildman–Crippen LogP) is 16.1. The van der Waals surface area contributed by atoms with Gasteiger partial charge in [-0.25, -0.2) is 0 Å². The van der Waals surface area contributed by atoms with Gasteiger partial charge in [-0.05, 0) is 120 Å². The van der Waals surface area contributed by atoms with Crippen LogP contribution < -0.4 is 4.90 Å². The van der Waals surface area contributed by atoms with Crippen molar-refractivity contribution < 1.29 is 0 Å². The van der Waals surface area contributed by atoms with Gasteiger partial charge < -0.3 is 4.90 Å². The largest absolute Gasteiger partial charge is 0.310 e. The highest BCUT2D eigenvalue weighted by molar-refractivity contribution is 6.01. The molecule has 0 bridgehead atoms. The molecule has 10 aromatic carbocycles. The van der Waals surface area contributed by atoms with Gasteiger partial charge >= 0.3 is 0 Å². The van der Waals surface area contributed by atoms with Crippen molar-refractivity contribution in [1.29, 1.82) is 0 Å². The van der Waals surface area contributed by atoms with Crippen LogP contribution in [0.3, 0.4) is 0 Å². The maximum atomic E-state index is 2.47. The van der Waals surface area contributed by atoms with Gasteiger partial charge in [-0.3, -0.25) is 0 Å². The van der Waals surface area contributed by atoms with Crippen molar-refractivity contribution >= 4 is 17.1 Å². The van der Waals surface area contributed by atoms with E-state index in [9.17, 15) is 0 Å². The Hall–Kier alpha value is -8.00. The Morgan fingerprint density at radius 3 is 1.17 bits per heavy atom. The van der Waals surface area contributed by atoms with Gasteiger partial charge in [0, 0.05) is 16.9 Å². The molecule has 63 heavy (non-hydrogen) atoms. The molecule has 2 aliphatic carbocycles. The zero-order valence-corrected chi connectivity index (χ0v) is 34.8. The smallest absolute Gasteiger partial charge is 0.0726 e. The van der Waals surface area contributed by atoms with E-state index in [4.69, 9.17) is 0 Å². The summed E-state index contributed by atoms with van der Waals surface area (Å²) in [5.74, 6) is 0. The maximum absolute atomic E-state index is 2.47. The van der Waals surface area contributed by atoms with E-state index in [0.29, 0.717) is 0 Å². The molecule has 1 heteroatoms. The molecule has 0 aromatic heterocycles. The molecule has 0 saturated heterocycles. The van der Waals surface area contributed by atoms with Gasteiger partial charge in [0.2, 0.25) is 0 Å². The van der Waals surface area contributed by atoms with E-state index in [-0.39, 0.29) is 0 Å². The number of nitrogens with zero attached hydrogens (tertiary/aromatic N) is 1. The molecule has 12 rings (SSSR count). The zero-order chi connectivity index (χ0) is 41.7. The summed E-state index contributed by atoms with van der Waals surface area (Å²) in [6.07, 6.45) is 0.850. The highest BCUT2D eigenvalue weighted by Crippen LogP contribution is 2.65. The lowest BCUT2D eigenvalue weighted by Crippen LogP contribution is -2.26. The topological polar surface area (TPSA) is 3.24 Å². The Labute approximate surface area is 369 Å². The van der Waals surface area contributed by atoms with E-state index in [1.165, 1.54) is 89.0 Å². The maximum Gasteiger partial charge on any atom is 0.0726 e. The first-order valence-electron chi connectivity index (χ1n) is 22.0. The quantitative estimate of drug-likeness (QED) is 0.148. The summed E-state index contributed by atoms with van der Waals surface area (Å²) in [7, 11) is 0. The summed E-state index contributed by atoms with van der Waals surface area (Å²) in [4.78, 5) is 2.47. The molecule has 0 saturated carbocycles. The fourth-order valence-electron chi connectivity index (χ4n) is 10.6. The van der Waals surface area contributed by atoms with E-state index >= 15 is 0 Å². The third-order valence-corrected chi connectivity index (χ3v) is 13.4. The van der Waals surface area contributed by atoms with E-state index < -0.39 is 5.41 Å². The summed E-state index contributed by atoms with van der Waals surface area (Å²) < 4.78 is 0. The van der Waals surface area contributed by atoms with Crippen LogP contribution in [0.15, 0.2) is 249 Å². The van der Waals surface area contributed by atoms with Crippen molar-refractivity contribution in [3.63, 3.8) is 0 Å². The Kier molecular flexibility index (Phi) is 8.86. The molecule has 1 unspecified atom stereocenters. The van der Waals surface area contributed by atoms with E-state index in [0.717, 1.165) is 23.5 Å². The Balaban J connectivity index is 1.04. The average molecular weight is 802 g/mol. The first-order valence-corrected chi connectivity index (χ1v) is 22.0. The molecule has 0 aliphatic heterocycles. The molecule has 1 atom stereocenters. The third kappa shape index (κ3) is 6.00. The summed E-state index contributed by atoms with van der Waals surface area (Å²) in [5.41, 5.74) is 23.5. The number of benzene rings is 10. The number of fused-ring (bicyclic) bond motifs is 10. The fourth-order valence-corrected chi connectivity index (χ4v) is 10.6. The minimum Gasteiger partial charge on any atom is -0.310 e. The minimum atomic E-state index is -0.485. The van der Waals surface area contributed by atoms with E-state index in [2.05, 4.69) is 254 Å². The molecule has 10 aromatic rings. The van der Waals surface area contributed by atoms with Crippen LogP contribution in [-0.2, 0) is 11.8 Å². The van der Waals surface area contributed by atoms with Gasteiger partial charge in [0.1, 0.15) is 0 Å². The highest BCUT2D eigenvalue weighted by Gasteiger charge is 2.52.